The molecule has 0 aromatic heterocycles. The van der Waals surface area contributed by atoms with Crippen LogP contribution >= 0.6 is 0 Å². The fraction of sp³-hybridized carbons (Fsp3) is 0.333. The van der Waals surface area contributed by atoms with Crippen LogP contribution in [0.2, 0.25) is 0 Å². The average Bonchev–Trinajstić information content (AvgIpc) is 2.58. The molecule has 2 heteroatoms. The maximum absolute atomic E-state index is 6.03. The molecule has 4 N–H and O–H groups in total. The number of nitrogens with two attached hydrogens (primary N) is 2. The van der Waals surface area contributed by atoms with E-state index in [4.69, 9.17) is 11.5 Å². The third-order valence-corrected chi connectivity index (χ3v) is 3.39. The summed E-state index contributed by atoms with van der Waals surface area (Å²) in [5.41, 5.74) is 16.8. The van der Waals surface area contributed by atoms with Crippen molar-refractivity contribution < 1.29 is 0 Å². The highest BCUT2D eigenvalue weighted by atomic mass is 14.6. The summed E-state index contributed by atoms with van der Waals surface area (Å²) in [6.07, 6.45) is 4.50. The number of benzene rings is 1. The highest BCUT2D eigenvalue weighted by Crippen LogP contribution is 2.22. The molecule has 1 aromatic carbocycles. The van der Waals surface area contributed by atoms with Crippen molar-refractivity contribution in [3.05, 3.63) is 28.1 Å². The minimum Gasteiger partial charge on any atom is -0.401 e. The van der Waals surface area contributed by atoms with E-state index in [1.54, 1.807) is 5.57 Å². The molecule has 2 nitrogen and oxygen atoms in total. The van der Waals surface area contributed by atoms with E-state index in [0.29, 0.717) is 0 Å². The van der Waals surface area contributed by atoms with Crippen molar-refractivity contribution in [2.75, 3.05) is 5.73 Å². The van der Waals surface area contributed by atoms with E-state index in [0.717, 1.165) is 29.4 Å². The third kappa shape index (κ3) is 0.857. The van der Waals surface area contributed by atoms with Crippen LogP contribution in [-0.4, -0.2) is 0 Å². The molecule has 0 aliphatic heterocycles. The summed E-state index contributed by atoms with van der Waals surface area (Å²) in [5.74, 6) is 0. The van der Waals surface area contributed by atoms with Crippen LogP contribution in [0.25, 0.3) is 11.3 Å². The van der Waals surface area contributed by atoms with Gasteiger partial charge in [0.2, 0.25) is 0 Å². The van der Waals surface area contributed by atoms with Crippen molar-refractivity contribution in [1.82, 2.24) is 0 Å². The molecule has 14 heavy (non-hydrogen) atoms. The van der Waals surface area contributed by atoms with Crippen LogP contribution in [-0.2, 0) is 6.42 Å². The molecule has 0 heterocycles. The normalized spacial score (nSPS) is 18.6. The number of rotatable bonds is 0. The Morgan fingerprint density at radius 2 is 1.64 bits per heavy atom. The van der Waals surface area contributed by atoms with Gasteiger partial charge >= 0.3 is 0 Å². The Kier molecular flexibility index (Phi) is 1.43. The second-order valence-corrected chi connectivity index (χ2v) is 4.19. The fourth-order valence-electron chi connectivity index (χ4n) is 2.69. The van der Waals surface area contributed by atoms with Crippen LogP contribution in [0.5, 0.6) is 0 Å². The predicted octanol–water partition coefficient (Wildman–Crippen LogP) is 0.226. The molecule has 2 aliphatic carbocycles. The Balaban J connectivity index is 2.60. The lowest BCUT2D eigenvalue weighted by Gasteiger charge is -2.11. The topological polar surface area (TPSA) is 52.0 Å². The van der Waals surface area contributed by atoms with Crippen molar-refractivity contribution in [1.29, 1.82) is 0 Å². The predicted molar refractivity (Wildman–Crippen MR) is 58.7 cm³/mol. The quantitative estimate of drug-likeness (QED) is 0.570. The molecule has 0 bridgehead atoms. The van der Waals surface area contributed by atoms with Crippen molar-refractivity contribution in [2.45, 2.75) is 25.7 Å². The van der Waals surface area contributed by atoms with Crippen molar-refractivity contribution >= 4 is 17.0 Å². The van der Waals surface area contributed by atoms with Crippen LogP contribution in [0.3, 0.4) is 0 Å². The van der Waals surface area contributed by atoms with Gasteiger partial charge in [0.1, 0.15) is 0 Å². The van der Waals surface area contributed by atoms with Gasteiger partial charge in [-0.05, 0) is 42.5 Å². The Morgan fingerprint density at radius 1 is 0.857 bits per heavy atom. The van der Waals surface area contributed by atoms with Crippen LogP contribution in [0.4, 0.5) is 5.69 Å². The Hall–Kier alpha value is -1.44. The van der Waals surface area contributed by atoms with Crippen molar-refractivity contribution in [3.63, 3.8) is 0 Å². The van der Waals surface area contributed by atoms with Gasteiger partial charge in [0.05, 0.1) is 0 Å². The van der Waals surface area contributed by atoms with E-state index in [9.17, 15) is 0 Å². The number of hydrogen-bond donors (Lipinski definition) is 2. The third-order valence-electron chi connectivity index (χ3n) is 3.39. The lowest BCUT2D eigenvalue weighted by Crippen LogP contribution is -2.37. The van der Waals surface area contributed by atoms with Gasteiger partial charge in [0.15, 0.2) is 0 Å². The van der Waals surface area contributed by atoms with E-state index in [1.807, 2.05) is 6.07 Å². The first-order chi connectivity index (χ1) is 6.77. The first kappa shape index (κ1) is 7.92. The number of anilines is 1. The Morgan fingerprint density at radius 3 is 2.50 bits per heavy atom. The molecule has 0 saturated carbocycles. The van der Waals surface area contributed by atoms with E-state index in [2.05, 4.69) is 6.07 Å². The largest absolute Gasteiger partial charge is 0.401 e. The van der Waals surface area contributed by atoms with Gasteiger partial charge in [-0.1, -0.05) is 11.6 Å². The molecule has 3 rings (SSSR count). The molecule has 0 radical (unpaired) electrons. The highest BCUT2D eigenvalue weighted by Gasteiger charge is 2.18. The van der Waals surface area contributed by atoms with Crippen molar-refractivity contribution in [3.8, 4) is 0 Å². The molecular weight excluding hydrogens is 172 g/mol. The van der Waals surface area contributed by atoms with Gasteiger partial charge in [-0.3, -0.25) is 0 Å². The van der Waals surface area contributed by atoms with E-state index < -0.39 is 0 Å². The summed E-state index contributed by atoms with van der Waals surface area (Å²) < 4.78 is 0. The van der Waals surface area contributed by atoms with E-state index in [1.165, 1.54) is 23.6 Å². The SMILES string of the molecule is NC1=c2c(N)ccc3c2=C(CC1)CC3. The maximum Gasteiger partial charge on any atom is 0.0411 e. The van der Waals surface area contributed by atoms with Crippen LogP contribution in [0.1, 0.15) is 24.8 Å². The standard InChI is InChI=1S/C12H14N2/c13-9-5-3-7-1-2-8-4-6-10(14)12(9)11(7)8/h3,5H,1-2,4,6,13-14H2. The second-order valence-electron chi connectivity index (χ2n) is 4.19. The molecule has 0 spiro atoms. The molecule has 0 fully saturated rings. The lowest BCUT2D eigenvalue weighted by atomic mass is 9.98. The number of aryl methyl sites for hydroxylation is 1. The summed E-state index contributed by atoms with van der Waals surface area (Å²) in [6, 6.07) is 4.15. The van der Waals surface area contributed by atoms with Gasteiger partial charge in [0, 0.05) is 16.6 Å². The minimum absolute atomic E-state index is 0.848. The number of nitrogen functional groups attached to an aromatic ring is 1. The first-order valence-electron chi connectivity index (χ1n) is 5.15. The van der Waals surface area contributed by atoms with Gasteiger partial charge in [-0.2, -0.15) is 0 Å². The van der Waals surface area contributed by atoms with Gasteiger partial charge in [-0.25, -0.2) is 0 Å². The van der Waals surface area contributed by atoms with E-state index in [-0.39, 0.29) is 0 Å². The van der Waals surface area contributed by atoms with Crippen LogP contribution in [0.15, 0.2) is 12.1 Å². The molecule has 0 amide bonds. The van der Waals surface area contributed by atoms with E-state index >= 15 is 0 Å². The second kappa shape index (κ2) is 2.53. The number of hydrogen-bond acceptors (Lipinski definition) is 2. The molecule has 0 atom stereocenters. The summed E-state index contributed by atoms with van der Waals surface area (Å²) in [4.78, 5) is 0. The zero-order chi connectivity index (χ0) is 9.71. The summed E-state index contributed by atoms with van der Waals surface area (Å²) in [6.45, 7) is 0. The van der Waals surface area contributed by atoms with Crippen LogP contribution in [0, 0.1) is 0 Å². The summed E-state index contributed by atoms with van der Waals surface area (Å²) in [5, 5.41) is 2.52. The zero-order valence-corrected chi connectivity index (χ0v) is 8.14. The molecule has 2 aliphatic rings. The lowest BCUT2D eigenvalue weighted by molar-refractivity contribution is 0.968. The monoisotopic (exact) mass is 186 g/mol. The Labute approximate surface area is 82.9 Å². The van der Waals surface area contributed by atoms with Gasteiger partial charge in [0.25, 0.3) is 0 Å². The molecule has 72 valence electrons. The molecular formula is C12H14N2. The van der Waals surface area contributed by atoms with Gasteiger partial charge in [-0.15, -0.1) is 0 Å². The van der Waals surface area contributed by atoms with Gasteiger partial charge < -0.3 is 11.5 Å². The zero-order valence-electron chi connectivity index (χ0n) is 8.14. The smallest absolute Gasteiger partial charge is 0.0411 e. The summed E-state index contributed by atoms with van der Waals surface area (Å²) in [7, 11) is 0. The fourth-order valence-corrected chi connectivity index (χ4v) is 2.69. The Bertz CT molecular complexity index is 526. The van der Waals surface area contributed by atoms with Crippen molar-refractivity contribution in [2.24, 2.45) is 5.73 Å². The minimum atomic E-state index is 0.848. The average molecular weight is 186 g/mol. The van der Waals surface area contributed by atoms with Crippen LogP contribution < -0.4 is 21.9 Å². The maximum atomic E-state index is 6.03. The molecule has 0 saturated heterocycles. The highest BCUT2D eigenvalue weighted by molar-refractivity contribution is 5.65. The molecule has 1 aromatic rings. The molecule has 0 unspecified atom stereocenters. The summed E-state index contributed by atoms with van der Waals surface area (Å²) >= 11 is 0. The first-order valence-corrected chi connectivity index (χ1v) is 5.15.